The Morgan fingerprint density at radius 3 is 2.52 bits per heavy atom. The van der Waals surface area contributed by atoms with Crippen LogP contribution in [0.4, 0.5) is 5.69 Å². The number of nitrogens with one attached hydrogen (secondary N) is 1. The van der Waals surface area contributed by atoms with Crippen molar-refractivity contribution in [1.82, 2.24) is 5.32 Å². The molecule has 2 aromatic carbocycles. The van der Waals surface area contributed by atoms with Crippen LogP contribution in [0.3, 0.4) is 0 Å². The van der Waals surface area contributed by atoms with Crippen LogP contribution in [-0.4, -0.2) is 11.9 Å². The maximum Gasteiger partial charge on any atom is 0.253 e. The summed E-state index contributed by atoms with van der Waals surface area (Å²) >= 11 is 0. The monoisotopic (exact) mass is 282 g/mol. The molecule has 21 heavy (non-hydrogen) atoms. The molecule has 1 atom stereocenters. The largest absolute Gasteiger partial charge is 0.398 e. The first-order valence-corrected chi connectivity index (χ1v) is 7.54. The molecule has 2 aromatic rings. The van der Waals surface area contributed by atoms with Crippen LogP contribution in [0.15, 0.2) is 36.4 Å². The number of anilines is 1. The van der Waals surface area contributed by atoms with E-state index in [1.807, 2.05) is 36.4 Å². The molecule has 110 valence electrons. The van der Waals surface area contributed by atoms with Crippen molar-refractivity contribution in [1.29, 1.82) is 0 Å². The normalized spacial score (nSPS) is 20.6. The number of carbonyl (C=O) groups excluding carboxylic acids is 1. The lowest BCUT2D eigenvalue weighted by atomic mass is 9.92. The van der Waals surface area contributed by atoms with E-state index in [0.717, 1.165) is 30.0 Å². The number of carbonyl (C=O) groups is 1. The van der Waals surface area contributed by atoms with E-state index < -0.39 is 0 Å². The summed E-state index contributed by atoms with van der Waals surface area (Å²) in [5.41, 5.74) is 7.51. The van der Waals surface area contributed by atoms with Gasteiger partial charge < -0.3 is 11.1 Å². The summed E-state index contributed by atoms with van der Waals surface area (Å²) in [6, 6.07) is 12.0. The van der Waals surface area contributed by atoms with Gasteiger partial charge in [0.05, 0.1) is 5.56 Å². The number of nitrogen functional groups attached to an aromatic ring is 1. The van der Waals surface area contributed by atoms with Crippen molar-refractivity contribution in [3.8, 4) is 0 Å². The Balaban J connectivity index is 1.83. The van der Waals surface area contributed by atoms with Gasteiger partial charge in [-0.1, -0.05) is 38.1 Å². The van der Waals surface area contributed by atoms with Crippen molar-refractivity contribution in [3.05, 3.63) is 42.0 Å². The van der Waals surface area contributed by atoms with Crippen molar-refractivity contribution < 1.29 is 4.79 Å². The molecule has 1 unspecified atom stereocenters. The van der Waals surface area contributed by atoms with Gasteiger partial charge in [0.25, 0.3) is 5.91 Å². The Kier molecular flexibility index (Phi) is 3.36. The predicted octanol–water partition coefficient (Wildman–Crippen LogP) is 3.73. The smallest absolute Gasteiger partial charge is 0.253 e. The maximum absolute atomic E-state index is 12.5. The summed E-state index contributed by atoms with van der Waals surface area (Å²) in [5.74, 6) is -0.0547. The van der Waals surface area contributed by atoms with Gasteiger partial charge in [0.2, 0.25) is 0 Å². The van der Waals surface area contributed by atoms with Crippen molar-refractivity contribution >= 4 is 22.4 Å². The zero-order chi connectivity index (χ0) is 15.0. The first kappa shape index (κ1) is 13.9. The molecule has 3 nitrogen and oxygen atoms in total. The lowest BCUT2D eigenvalue weighted by molar-refractivity contribution is 0.0937. The molecule has 0 aromatic heterocycles. The molecule has 1 saturated carbocycles. The van der Waals surface area contributed by atoms with Crippen molar-refractivity contribution in [2.75, 3.05) is 5.73 Å². The fourth-order valence-electron chi connectivity index (χ4n) is 3.28. The van der Waals surface area contributed by atoms with Crippen LogP contribution in [0, 0.1) is 5.41 Å². The Morgan fingerprint density at radius 2 is 1.90 bits per heavy atom. The van der Waals surface area contributed by atoms with Gasteiger partial charge in [-0.3, -0.25) is 4.79 Å². The summed E-state index contributed by atoms with van der Waals surface area (Å²) in [7, 11) is 0. The van der Waals surface area contributed by atoms with Gasteiger partial charge >= 0.3 is 0 Å². The minimum atomic E-state index is -0.0547. The van der Waals surface area contributed by atoms with Crippen LogP contribution in [0.5, 0.6) is 0 Å². The summed E-state index contributed by atoms with van der Waals surface area (Å²) in [5, 5.41) is 5.25. The molecular formula is C18H22N2O. The Bertz CT molecular complexity index is 691. The first-order chi connectivity index (χ1) is 9.94. The standard InChI is InChI=1S/C18H22N2O/c1-18(2)8-7-14(11-18)20-17(21)15-9-12-5-3-4-6-13(12)10-16(15)19/h3-6,9-10,14H,7-8,11,19H2,1-2H3,(H,20,21). The van der Waals surface area contributed by atoms with Gasteiger partial charge in [-0.15, -0.1) is 0 Å². The van der Waals surface area contributed by atoms with Crippen LogP contribution < -0.4 is 11.1 Å². The van der Waals surface area contributed by atoms with Gasteiger partial charge in [-0.25, -0.2) is 0 Å². The van der Waals surface area contributed by atoms with Crippen LogP contribution in [-0.2, 0) is 0 Å². The van der Waals surface area contributed by atoms with Gasteiger partial charge in [0, 0.05) is 11.7 Å². The quantitative estimate of drug-likeness (QED) is 0.825. The summed E-state index contributed by atoms with van der Waals surface area (Å²) < 4.78 is 0. The third-order valence-electron chi connectivity index (χ3n) is 4.47. The second kappa shape index (κ2) is 5.06. The molecule has 0 bridgehead atoms. The number of nitrogens with two attached hydrogens (primary N) is 1. The molecule has 0 spiro atoms. The van der Waals surface area contributed by atoms with Gasteiger partial charge in [-0.2, -0.15) is 0 Å². The molecule has 3 N–H and O–H groups in total. The molecule has 3 rings (SSSR count). The molecule has 0 saturated heterocycles. The number of fused-ring (bicyclic) bond motifs is 1. The molecular weight excluding hydrogens is 260 g/mol. The predicted molar refractivity (Wildman–Crippen MR) is 87.2 cm³/mol. The van der Waals surface area contributed by atoms with E-state index in [9.17, 15) is 4.79 Å². The van der Waals surface area contributed by atoms with Crippen molar-refractivity contribution in [2.24, 2.45) is 5.41 Å². The third kappa shape index (κ3) is 2.87. The van der Waals surface area contributed by atoms with Crippen LogP contribution >= 0.6 is 0 Å². The lowest BCUT2D eigenvalue weighted by Gasteiger charge is -2.18. The Labute approximate surface area is 125 Å². The highest BCUT2D eigenvalue weighted by atomic mass is 16.1. The average molecular weight is 282 g/mol. The fraction of sp³-hybridized carbons (Fsp3) is 0.389. The molecule has 0 heterocycles. The number of hydrogen-bond acceptors (Lipinski definition) is 2. The van der Waals surface area contributed by atoms with E-state index in [0.29, 0.717) is 16.7 Å². The van der Waals surface area contributed by atoms with Crippen molar-refractivity contribution in [2.45, 2.75) is 39.2 Å². The summed E-state index contributed by atoms with van der Waals surface area (Å²) in [4.78, 5) is 12.5. The van der Waals surface area contributed by atoms with E-state index in [2.05, 4.69) is 19.2 Å². The lowest BCUT2D eigenvalue weighted by Crippen LogP contribution is -2.33. The van der Waals surface area contributed by atoms with Gasteiger partial charge in [0.15, 0.2) is 0 Å². The molecule has 1 aliphatic rings. The Hall–Kier alpha value is -2.03. The second-order valence-corrected chi connectivity index (χ2v) is 6.86. The molecule has 1 aliphatic carbocycles. The zero-order valence-electron chi connectivity index (χ0n) is 12.6. The summed E-state index contributed by atoms with van der Waals surface area (Å²) in [6.07, 6.45) is 3.24. The van der Waals surface area contributed by atoms with Gasteiger partial charge in [-0.05, 0) is 47.6 Å². The number of rotatable bonds is 2. The van der Waals surface area contributed by atoms with E-state index in [1.54, 1.807) is 0 Å². The SMILES string of the molecule is CC1(C)CCC(NC(=O)c2cc3ccccc3cc2N)C1. The number of hydrogen-bond donors (Lipinski definition) is 2. The van der Waals surface area contributed by atoms with Crippen molar-refractivity contribution in [3.63, 3.8) is 0 Å². The Morgan fingerprint density at radius 1 is 1.24 bits per heavy atom. The molecule has 1 amide bonds. The molecule has 3 heteroatoms. The second-order valence-electron chi connectivity index (χ2n) is 6.86. The maximum atomic E-state index is 12.5. The fourth-order valence-corrected chi connectivity index (χ4v) is 3.28. The average Bonchev–Trinajstić information content (AvgIpc) is 2.77. The minimum Gasteiger partial charge on any atom is -0.398 e. The van der Waals surface area contributed by atoms with Gasteiger partial charge in [0.1, 0.15) is 0 Å². The highest BCUT2D eigenvalue weighted by Gasteiger charge is 2.32. The minimum absolute atomic E-state index is 0.0547. The zero-order valence-corrected chi connectivity index (χ0v) is 12.6. The van der Waals surface area contributed by atoms with E-state index in [1.165, 1.54) is 0 Å². The number of amides is 1. The molecule has 0 radical (unpaired) electrons. The summed E-state index contributed by atoms with van der Waals surface area (Å²) in [6.45, 7) is 4.51. The number of benzene rings is 2. The topological polar surface area (TPSA) is 55.1 Å². The first-order valence-electron chi connectivity index (χ1n) is 7.54. The van der Waals surface area contributed by atoms with E-state index >= 15 is 0 Å². The van der Waals surface area contributed by atoms with Crippen LogP contribution in [0.2, 0.25) is 0 Å². The van der Waals surface area contributed by atoms with Crippen LogP contribution in [0.25, 0.3) is 10.8 Å². The molecule has 0 aliphatic heterocycles. The van der Waals surface area contributed by atoms with Crippen LogP contribution in [0.1, 0.15) is 43.5 Å². The highest BCUT2D eigenvalue weighted by molar-refractivity contribution is 6.04. The van der Waals surface area contributed by atoms with E-state index in [-0.39, 0.29) is 11.9 Å². The third-order valence-corrected chi connectivity index (χ3v) is 4.47. The van der Waals surface area contributed by atoms with E-state index in [4.69, 9.17) is 5.73 Å². The molecule has 1 fully saturated rings. The highest BCUT2D eigenvalue weighted by Crippen LogP contribution is 2.37.